The van der Waals surface area contributed by atoms with Crippen LogP contribution in [0.1, 0.15) is 72.9 Å². The first-order valence-electron chi connectivity index (χ1n) is 9.84. The summed E-state index contributed by atoms with van der Waals surface area (Å²) in [4.78, 5) is 0. The zero-order valence-electron chi connectivity index (χ0n) is 17.8. The first kappa shape index (κ1) is 26.9. The van der Waals surface area contributed by atoms with Crippen molar-refractivity contribution < 1.29 is 0 Å². The fraction of sp³-hybridized carbons (Fsp3) is 0.522. The molecular weight excluding hydrogens is 384 g/mol. The fourth-order valence-electron chi connectivity index (χ4n) is 1.94. The molecule has 1 aromatic rings. The maximum atomic E-state index is 4.37. The van der Waals surface area contributed by atoms with E-state index in [1.807, 2.05) is 39.8 Å². The first-order valence-corrected chi connectivity index (χ1v) is 10.6. The Kier molecular flexibility index (Phi) is 17.7. The molecule has 3 heteroatoms. The number of halogens is 1. The molecule has 0 radical (unpaired) electrons. The molecule has 0 aliphatic carbocycles. The Bertz CT molecular complexity index is 505. The zero-order valence-corrected chi connectivity index (χ0v) is 19.4. The van der Waals surface area contributed by atoms with Gasteiger partial charge in [-0.15, -0.1) is 13.2 Å². The number of nitrogens with one attached hydrogen (secondary N) is 1. The van der Waals surface area contributed by atoms with Crippen molar-refractivity contribution in [3.05, 3.63) is 59.6 Å². The van der Waals surface area contributed by atoms with E-state index < -0.39 is 0 Å². The van der Waals surface area contributed by atoms with E-state index in [0.29, 0.717) is 17.9 Å². The molecular formula is C23H39BrN2. The molecule has 1 aliphatic rings. The third-order valence-electron chi connectivity index (χ3n) is 3.98. The summed E-state index contributed by atoms with van der Waals surface area (Å²) in [7, 11) is 0. The van der Waals surface area contributed by atoms with Gasteiger partial charge in [-0.05, 0) is 23.6 Å². The van der Waals surface area contributed by atoms with E-state index in [-0.39, 0.29) is 0 Å². The van der Waals surface area contributed by atoms with E-state index in [9.17, 15) is 0 Å². The summed E-state index contributed by atoms with van der Waals surface area (Å²) in [6, 6.07) is 8.68. The minimum Gasteiger partial charge on any atom is -0.302 e. The highest BCUT2D eigenvalue weighted by molar-refractivity contribution is 9.10. The highest BCUT2D eigenvalue weighted by Crippen LogP contribution is 2.25. The lowest BCUT2D eigenvalue weighted by Gasteiger charge is -2.10. The van der Waals surface area contributed by atoms with Crippen LogP contribution in [0.4, 0.5) is 0 Å². The van der Waals surface area contributed by atoms with Gasteiger partial charge in [-0.1, -0.05) is 95.1 Å². The van der Waals surface area contributed by atoms with Crippen LogP contribution in [0, 0.1) is 11.8 Å². The van der Waals surface area contributed by atoms with E-state index in [0.717, 1.165) is 10.9 Å². The van der Waals surface area contributed by atoms with Gasteiger partial charge in [0.2, 0.25) is 0 Å². The average Bonchev–Trinajstić information content (AvgIpc) is 3.21. The van der Waals surface area contributed by atoms with Crippen molar-refractivity contribution in [2.45, 2.75) is 67.3 Å². The summed E-state index contributed by atoms with van der Waals surface area (Å²) in [5, 5.41) is 4.37. The van der Waals surface area contributed by atoms with Crippen molar-refractivity contribution in [2.24, 2.45) is 16.9 Å². The molecule has 0 aromatic heterocycles. The minimum absolute atomic E-state index is 0.311. The lowest BCUT2D eigenvalue weighted by molar-refractivity contribution is 0.619. The molecule has 0 fully saturated rings. The largest absolute Gasteiger partial charge is 0.302 e. The van der Waals surface area contributed by atoms with Crippen LogP contribution in [0.5, 0.6) is 0 Å². The van der Waals surface area contributed by atoms with E-state index in [4.69, 9.17) is 0 Å². The summed E-state index contributed by atoms with van der Waals surface area (Å²) in [6.07, 6.45) is 6.09. The van der Waals surface area contributed by atoms with Crippen LogP contribution in [-0.2, 0) is 0 Å². The van der Waals surface area contributed by atoms with Crippen molar-refractivity contribution in [3.63, 3.8) is 0 Å². The summed E-state index contributed by atoms with van der Waals surface area (Å²) >= 11 is 3.44. The molecule has 1 aliphatic heterocycles. The molecule has 0 bridgehead atoms. The number of hydrazone groups is 1. The monoisotopic (exact) mass is 422 g/mol. The van der Waals surface area contributed by atoms with Crippen molar-refractivity contribution >= 4 is 21.6 Å². The molecule has 0 saturated carbocycles. The maximum Gasteiger partial charge on any atom is 0.0742 e. The summed E-state index contributed by atoms with van der Waals surface area (Å²) in [5.41, 5.74) is 5.64. The van der Waals surface area contributed by atoms with Crippen LogP contribution >= 0.6 is 15.9 Å². The third-order valence-corrected chi connectivity index (χ3v) is 4.50. The molecule has 0 saturated heterocycles. The van der Waals surface area contributed by atoms with Gasteiger partial charge in [0, 0.05) is 22.5 Å². The zero-order chi connectivity index (χ0) is 20.5. The van der Waals surface area contributed by atoms with Gasteiger partial charge in [0.15, 0.2) is 0 Å². The molecule has 1 N–H and O–H groups in total. The van der Waals surface area contributed by atoms with Crippen LogP contribution < -0.4 is 5.43 Å². The van der Waals surface area contributed by atoms with E-state index in [1.165, 1.54) is 17.7 Å². The highest BCUT2D eigenvalue weighted by Gasteiger charge is 2.22. The van der Waals surface area contributed by atoms with E-state index in [2.05, 4.69) is 84.7 Å². The van der Waals surface area contributed by atoms with Crippen molar-refractivity contribution in [1.82, 2.24) is 5.43 Å². The maximum absolute atomic E-state index is 4.37. The number of benzene rings is 1. The molecule has 1 aromatic carbocycles. The standard InChI is InChI=1S/C13H15BrN2.C6H12.2C2H6/c1-3-9(2)12-8-13(16-15-12)10-4-6-11(14)7-5-10;1-4-6(3)5-2;2*1-2/h3-7,9,13,16H,1,8H2,2H3;4,6H,1,5H2,2-3H3;2*1-2H3/t;6-;;/m.1../s1. The molecule has 3 atom stereocenters. The predicted octanol–water partition coefficient (Wildman–Crippen LogP) is 7.93. The smallest absolute Gasteiger partial charge is 0.0742 e. The van der Waals surface area contributed by atoms with Crippen LogP contribution in [0.3, 0.4) is 0 Å². The van der Waals surface area contributed by atoms with Gasteiger partial charge < -0.3 is 5.43 Å². The Morgan fingerprint density at radius 3 is 2.04 bits per heavy atom. The number of allylic oxidation sites excluding steroid dienone is 2. The number of nitrogens with zero attached hydrogens (tertiary/aromatic N) is 1. The Morgan fingerprint density at radius 1 is 1.12 bits per heavy atom. The van der Waals surface area contributed by atoms with Crippen molar-refractivity contribution in [2.75, 3.05) is 0 Å². The van der Waals surface area contributed by atoms with Gasteiger partial charge in [-0.3, -0.25) is 0 Å². The Labute approximate surface area is 171 Å². The predicted molar refractivity (Wildman–Crippen MR) is 124 cm³/mol. The van der Waals surface area contributed by atoms with Gasteiger partial charge >= 0.3 is 0 Å². The number of hydrogen-bond donors (Lipinski definition) is 1. The van der Waals surface area contributed by atoms with Crippen molar-refractivity contribution in [3.8, 4) is 0 Å². The summed E-state index contributed by atoms with van der Waals surface area (Å²) in [5.74, 6) is 1.05. The van der Waals surface area contributed by atoms with E-state index in [1.54, 1.807) is 0 Å². The normalized spacial score (nSPS) is 16.6. The highest BCUT2D eigenvalue weighted by atomic mass is 79.9. The van der Waals surface area contributed by atoms with Gasteiger partial charge in [-0.25, -0.2) is 0 Å². The third kappa shape index (κ3) is 10.6. The Morgan fingerprint density at radius 2 is 1.65 bits per heavy atom. The molecule has 0 amide bonds. The Hall–Kier alpha value is -1.35. The lowest BCUT2D eigenvalue weighted by Crippen LogP contribution is -2.10. The fourth-order valence-corrected chi connectivity index (χ4v) is 2.20. The van der Waals surface area contributed by atoms with Gasteiger partial charge in [0.1, 0.15) is 0 Å². The molecule has 148 valence electrons. The van der Waals surface area contributed by atoms with Gasteiger partial charge in [0.25, 0.3) is 0 Å². The SMILES string of the molecule is C=CC(C)C1=NNC(c2ccc(Br)cc2)C1.C=C[C@@H](C)CC.CC.CC. The molecule has 1 heterocycles. The second-order valence-electron chi connectivity index (χ2n) is 5.69. The Balaban J connectivity index is 0. The van der Waals surface area contributed by atoms with Crippen LogP contribution in [-0.4, -0.2) is 5.71 Å². The van der Waals surface area contributed by atoms with Crippen LogP contribution in [0.15, 0.2) is 59.1 Å². The van der Waals surface area contributed by atoms with Crippen LogP contribution in [0.2, 0.25) is 0 Å². The average molecular weight is 423 g/mol. The summed E-state index contributed by atoms with van der Waals surface area (Å²) in [6.45, 7) is 21.9. The van der Waals surface area contributed by atoms with E-state index >= 15 is 0 Å². The molecule has 2 unspecified atom stereocenters. The second kappa shape index (κ2) is 17.1. The first-order chi connectivity index (χ1) is 12.5. The van der Waals surface area contributed by atoms with Crippen molar-refractivity contribution in [1.29, 1.82) is 0 Å². The molecule has 2 rings (SSSR count). The molecule has 0 spiro atoms. The molecule has 26 heavy (non-hydrogen) atoms. The topological polar surface area (TPSA) is 24.4 Å². The quantitative estimate of drug-likeness (QED) is 0.478. The summed E-state index contributed by atoms with van der Waals surface area (Å²) < 4.78 is 1.11. The second-order valence-corrected chi connectivity index (χ2v) is 6.60. The minimum atomic E-state index is 0.311. The van der Waals surface area contributed by atoms with Gasteiger partial charge in [-0.2, -0.15) is 5.10 Å². The molecule has 2 nitrogen and oxygen atoms in total. The number of hydrogen-bond acceptors (Lipinski definition) is 2. The van der Waals surface area contributed by atoms with Crippen LogP contribution in [0.25, 0.3) is 0 Å². The lowest BCUT2D eigenvalue weighted by atomic mass is 9.97. The van der Waals surface area contributed by atoms with Gasteiger partial charge in [0.05, 0.1) is 6.04 Å². The number of rotatable bonds is 5.